The van der Waals surface area contributed by atoms with E-state index in [1.54, 1.807) is 6.21 Å². The molecule has 0 aliphatic rings. The Labute approximate surface area is 104 Å². The number of benzene rings is 1. The van der Waals surface area contributed by atoms with Crippen LogP contribution in [0.3, 0.4) is 0 Å². The number of nitrogens with one attached hydrogen (secondary N) is 2. The van der Waals surface area contributed by atoms with E-state index in [0.29, 0.717) is 0 Å². The lowest BCUT2D eigenvalue weighted by Crippen LogP contribution is -2.10. The van der Waals surface area contributed by atoms with Gasteiger partial charge in [0.05, 0.1) is 0 Å². The monoisotopic (exact) mass is 243 g/mol. The van der Waals surface area contributed by atoms with Gasteiger partial charge in [-0.15, -0.1) is 10.2 Å². The van der Waals surface area contributed by atoms with Gasteiger partial charge in [-0.3, -0.25) is 9.78 Å². The molecule has 0 bridgehead atoms. The normalized spacial score (nSPS) is 10.7. The van der Waals surface area contributed by atoms with Crippen LogP contribution in [0.2, 0.25) is 0 Å². The molecule has 0 aliphatic heterocycles. The summed E-state index contributed by atoms with van der Waals surface area (Å²) in [6.07, 6.45) is 4.56. The summed E-state index contributed by atoms with van der Waals surface area (Å²) in [4.78, 5) is 13.4. The predicted molar refractivity (Wildman–Crippen MR) is 69.5 cm³/mol. The highest BCUT2D eigenvalue weighted by molar-refractivity contribution is 5.58. The first-order valence-corrected chi connectivity index (χ1v) is 5.58. The molecule has 6 nitrogen and oxygen atoms in total. The Kier molecular flexibility index (Phi) is 4.18. The number of hydrazone groups is 1. The maximum absolute atomic E-state index is 10.9. The molecule has 2 aromatic rings. The fourth-order valence-corrected chi connectivity index (χ4v) is 1.41. The second kappa shape index (κ2) is 6.29. The summed E-state index contributed by atoms with van der Waals surface area (Å²) in [5.74, 6) is 0.235. The highest BCUT2D eigenvalue weighted by atomic mass is 16.1. The Morgan fingerprint density at radius 1 is 1.33 bits per heavy atom. The van der Waals surface area contributed by atoms with Crippen LogP contribution in [0.25, 0.3) is 0 Å². The molecule has 0 radical (unpaired) electrons. The molecule has 0 spiro atoms. The second-order valence-electron chi connectivity index (χ2n) is 3.63. The molecule has 0 amide bonds. The molecule has 0 unspecified atom stereocenters. The summed E-state index contributed by atoms with van der Waals surface area (Å²) in [5.41, 5.74) is 3.56. The van der Waals surface area contributed by atoms with Gasteiger partial charge in [0.2, 0.25) is 5.95 Å². The molecule has 6 heteroatoms. The van der Waals surface area contributed by atoms with E-state index < -0.39 is 0 Å². The number of aromatic amines is 1. The minimum absolute atomic E-state index is 0.235. The maximum Gasteiger partial charge on any atom is 0.271 e. The molecule has 18 heavy (non-hydrogen) atoms. The number of hydrogen-bond donors (Lipinski definition) is 2. The van der Waals surface area contributed by atoms with Crippen molar-refractivity contribution in [2.45, 2.75) is 12.8 Å². The van der Waals surface area contributed by atoms with E-state index in [2.05, 4.69) is 37.8 Å². The van der Waals surface area contributed by atoms with Gasteiger partial charge in [0.25, 0.3) is 5.56 Å². The van der Waals surface area contributed by atoms with Crippen LogP contribution < -0.4 is 11.0 Å². The predicted octanol–water partition coefficient (Wildman–Crippen LogP) is 1.20. The minimum atomic E-state index is -0.313. The lowest BCUT2D eigenvalue weighted by atomic mass is 10.1. The summed E-state index contributed by atoms with van der Waals surface area (Å²) in [6.45, 7) is 0. The number of rotatable bonds is 5. The minimum Gasteiger partial charge on any atom is -0.289 e. The highest BCUT2D eigenvalue weighted by Crippen LogP contribution is 2.00. The third-order valence-corrected chi connectivity index (χ3v) is 2.24. The van der Waals surface area contributed by atoms with Gasteiger partial charge in [0.15, 0.2) is 0 Å². The average Bonchev–Trinajstić information content (AvgIpc) is 2.40. The van der Waals surface area contributed by atoms with Crippen molar-refractivity contribution >= 4 is 12.2 Å². The summed E-state index contributed by atoms with van der Waals surface area (Å²) in [7, 11) is 0. The number of hydrogen-bond acceptors (Lipinski definition) is 5. The van der Waals surface area contributed by atoms with Crippen molar-refractivity contribution < 1.29 is 0 Å². The van der Waals surface area contributed by atoms with Gasteiger partial charge < -0.3 is 0 Å². The molecule has 92 valence electrons. The molecule has 1 heterocycles. The second-order valence-corrected chi connectivity index (χ2v) is 3.63. The fourth-order valence-electron chi connectivity index (χ4n) is 1.41. The summed E-state index contributed by atoms with van der Waals surface area (Å²) >= 11 is 0. The molecule has 0 saturated carbocycles. The molecule has 2 N–H and O–H groups in total. The smallest absolute Gasteiger partial charge is 0.271 e. The molecule has 0 atom stereocenters. The quantitative estimate of drug-likeness (QED) is 0.610. The maximum atomic E-state index is 10.9. The van der Waals surface area contributed by atoms with Gasteiger partial charge in [0.1, 0.15) is 6.20 Å². The van der Waals surface area contributed by atoms with E-state index in [4.69, 9.17) is 0 Å². The summed E-state index contributed by atoms with van der Waals surface area (Å²) < 4.78 is 0. The number of H-pyrrole nitrogens is 1. The highest BCUT2D eigenvalue weighted by Gasteiger charge is 1.92. The van der Waals surface area contributed by atoms with E-state index in [0.717, 1.165) is 19.0 Å². The zero-order valence-electron chi connectivity index (χ0n) is 9.71. The Bertz CT molecular complexity index is 564. The first kappa shape index (κ1) is 12.0. The van der Waals surface area contributed by atoms with Crippen molar-refractivity contribution in [3.8, 4) is 0 Å². The Morgan fingerprint density at radius 2 is 2.17 bits per heavy atom. The van der Waals surface area contributed by atoms with Gasteiger partial charge >= 0.3 is 0 Å². The van der Waals surface area contributed by atoms with Crippen LogP contribution in [-0.4, -0.2) is 21.4 Å². The van der Waals surface area contributed by atoms with Crippen LogP contribution in [0.4, 0.5) is 5.95 Å². The van der Waals surface area contributed by atoms with E-state index in [9.17, 15) is 4.79 Å². The van der Waals surface area contributed by atoms with Crippen LogP contribution in [0, 0.1) is 0 Å². The Morgan fingerprint density at radius 3 is 2.94 bits per heavy atom. The van der Waals surface area contributed by atoms with Crippen LogP contribution in [-0.2, 0) is 6.42 Å². The Hall–Kier alpha value is -2.50. The Balaban J connectivity index is 1.77. The fraction of sp³-hybridized carbons (Fsp3) is 0.167. The van der Waals surface area contributed by atoms with Crippen LogP contribution in [0.5, 0.6) is 0 Å². The number of nitrogens with zero attached hydrogens (tertiary/aromatic N) is 3. The van der Waals surface area contributed by atoms with Crippen LogP contribution in [0.1, 0.15) is 12.0 Å². The van der Waals surface area contributed by atoms with E-state index in [1.807, 2.05) is 18.2 Å². The van der Waals surface area contributed by atoms with E-state index in [-0.39, 0.29) is 11.5 Å². The van der Waals surface area contributed by atoms with E-state index >= 15 is 0 Å². The van der Waals surface area contributed by atoms with Crippen LogP contribution in [0.15, 0.2) is 46.4 Å². The van der Waals surface area contributed by atoms with Gasteiger partial charge in [0, 0.05) is 6.21 Å². The third-order valence-electron chi connectivity index (χ3n) is 2.24. The van der Waals surface area contributed by atoms with Crippen molar-refractivity contribution in [2.75, 3.05) is 5.43 Å². The van der Waals surface area contributed by atoms with Crippen molar-refractivity contribution in [1.82, 2.24) is 15.2 Å². The molecule has 2 rings (SSSR count). The SMILES string of the molecule is O=c1cnnc(N/N=C\CCc2ccccc2)[nH]1. The summed E-state index contributed by atoms with van der Waals surface area (Å²) in [5, 5.41) is 11.1. The molecule has 1 aromatic heterocycles. The number of anilines is 1. The third kappa shape index (κ3) is 3.82. The van der Waals surface area contributed by atoms with Gasteiger partial charge in [-0.2, -0.15) is 5.10 Å². The topological polar surface area (TPSA) is 83.0 Å². The summed E-state index contributed by atoms with van der Waals surface area (Å²) in [6, 6.07) is 10.1. The molecule has 0 fully saturated rings. The lowest BCUT2D eigenvalue weighted by molar-refractivity contribution is 0.937. The van der Waals surface area contributed by atoms with Crippen molar-refractivity contribution in [2.24, 2.45) is 5.10 Å². The van der Waals surface area contributed by atoms with Gasteiger partial charge in [-0.1, -0.05) is 30.3 Å². The lowest BCUT2D eigenvalue weighted by Gasteiger charge is -1.97. The molecule has 0 aliphatic carbocycles. The average molecular weight is 243 g/mol. The van der Waals surface area contributed by atoms with Crippen molar-refractivity contribution in [3.05, 3.63) is 52.4 Å². The molecule has 1 aromatic carbocycles. The van der Waals surface area contributed by atoms with Gasteiger partial charge in [-0.25, -0.2) is 5.43 Å². The zero-order chi connectivity index (χ0) is 12.6. The molecular formula is C12H13N5O. The zero-order valence-corrected chi connectivity index (χ0v) is 9.71. The van der Waals surface area contributed by atoms with Crippen LogP contribution >= 0.6 is 0 Å². The van der Waals surface area contributed by atoms with Gasteiger partial charge in [-0.05, 0) is 18.4 Å². The standard InChI is InChI=1S/C12H13N5O/c18-11-9-14-17-12(15-11)16-13-8-4-7-10-5-2-1-3-6-10/h1-3,5-6,8-9H,4,7H2,(H2,15,16,17,18)/b13-8-. The van der Waals surface area contributed by atoms with Crippen molar-refractivity contribution in [1.29, 1.82) is 0 Å². The largest absolute Gasteiger partial charge is 0.289 e. The first-order chi connectivity index (χ1) is 8.84. The van der Waals surface area contributed by atoms with E-state index in [1.165, 1.54) is 5.56 Å². The van der Waals surface area contributed by atoms with Crippen molar-refractivity contribution in [3.63, 3.8) is 0 Å². The molecule has 0 saturated heterocycles. The number of aromatic nitrogens is 3. The number of aryl methyl sites for hydroxylation is 1. The first-order valence-electron chi connectivity index (χ1n) is 5.58. The molecular weight excluding hydrogens is 230 g/mol.